The van der Waals surface area contributed by atoms with Crippen LogP contribution in [-0.4, -0.2) is 41.8 Å². The fourth-order valence-corrected chi connectivity index (χ4v) is 5.18. The van der Waals surface area contributed by atoms with Crippen molar-refractivity contribution in [2.75, 3.05) is 14.2 Å². The number of esters is 1. The van der Waals surface area contributed by atoms with E-state index in [4.69, 9.17) is 23.6 Å². The van der Waals surface area contributed by atoms with Crippen molar-refractivity contribution >= 4 is 28.8 Å². The molecular formula is C27H31N3O6S. The normalized spacial score (nSPS) is 17.1. The zero-order valence-corrected chi connectivity index (χ0v) is 22.6. The number of hydrogen-bond donors (Lipinski definition) is 1. The van der Waals surface area contributed by atoms with Gasteiger partial charge < -0.3 is 28.8 Å². The highest BCUT2D eigenvalue weighted by Crippen LogP contribution is 2.48. The van der Waals surface area contributed by atoms with Gasteiger partial charge in [-0.25, -0.2) is 9.79 Å². The van der Waals surface area contributed by atoms with Crippen LogP contribution in [0.5, 0.6) is 11.5 Å². The van der Waals surface area contributed by atoms with E-state index in [0.29, 0.717) is 45.0 Å². The van der Waals surface area contributed by atoms with Crippen LogP contribution in [0.3, 0.4) is 0 Å². The molecule has 1 aromatic heterocycles. The molecule has 1 atom stereocenters. The van der Waals surface area contributed by atoms with E-state index < -0.39 is 17.6 Å². The van der Waals surface area contributed by atoms with Gasteiger partial charge in [-0.05, 0) is 51.3 Å². The Balaban J connectivity index is 1.73. The van der Waals surface area contributed by atoms with Gasteiger partial charge in [-0.15, -0.1) is 0 Å². The average molecular weight is 526 g/mol. The number of ether oxygens (including phenoxy) is 3. The second-order valence-electron chi connectivity index (χ2n) is 9.51. The highest BCUT2D eigenvalue weighted by molar-refractivity contribution is 8.16. The van der Waals surface area contributed by atoms with Crippen molar-refractivity contribution in [3.05, 3.63) is 70.3 Å². The van der Waals surface area contributed by atoms with Gasteiger partial charge in [0.25, 0.3) is 0 Å². The Bertz CT molecular complexity index is 1270. The summed E-state index contributed by atoms with van der Waals surface area (Å²) in [5.41, 5.74) is 1.60. The number of thioether (sulfide) groups is 1. The second-order valence-corrected chi connectivity index (χ2v) is 10.3. The first-order chi connectivity index (χ1) is 17.6. The number of amidine groups is 1. The van der Waals surface area contributed by atoms with Gasteiger partial charge in [0.05, 0.1) is 50.8 Å². The number of para-hydroxylation sites is 1. The third kappa shape index (κ3) is 5.69. The van der Waals surface area contributed by atoms with E-state index in [-0.39, 0.29) is 18.9 Å². The van der Waals surface area contributed by atoms with Crippen LogP contribution in [0.2, 0.25) is 0 Å². The van der Waals surface area contributed by atoms with Crippen LogP contribution in [0.1, 0.15) is 51.5 Å². The molecule has 0 aliphatic carbocycles. The third-order valence-electron chi connectivity index (χ3n) is 5.73. The quantitative estimate of drug-likeness (QED) is 0.485. The lowest BCUT2D eigenvalue weighted by Crippen LogP contribution is -2.39. The molecule has 1 N–H and O–H groups in total. The van der Waals surface area contributed by atoms with Crippen molar-refractivity contribution in [3.8, 4) is 11.5 Å². The average Bonchev–Trinajstić information content (AvgIpc) is 3.50. The number of carbonyl (C=O) groups excluding carboxylic acids is 2. The van der Waals surface area contributed by atoms with Crippen molar-refractivity contribution in [3.63, 3.8) is 0 Å². The molecule has 10 heteroatoms. The van der Waals surface area contributed by atoms with Crippen molar-refractivity contribution in [2.24, 2.45) is 4.99 Å². The maximum Gasteiger partial charge on any atom is 0.338 e. The SMILES string of the molecule is COc1cccc(C2C(C(=O)OC(C)(C)C)=C(C)N=C3SC=C(CC(=O)NCc4ccco4)N32)c1OC. The fraction of sp³-hybridized carbons (Fsp3) is 0.370. The van der Waals surface area contributed by atoms with Crippen molar-refractivity contribution in [1.82, 2.24) is 10.2 Å². The summed E-state index contributed by atoms with van der Waals surface area (Å²) in [5.74, 6) is 1.00. The van der Waals surface area contributed by atoms with Crippen molar-refractivity contribution < 1.29 is 28.2 Å². The number of rotatable bonds is 8. The molecule has 1 aromatic carbocycles. The summed E-state index contributed by atoms with van der Waals surface area (Å²) in [6.07, 6.45) is 1.64. The van der Waals surface area contributed by atoms with E-state index in [1.54, 1.807) is 45.6 Å². The number of allylic oxidation sites excluding steroid dienone is 1. The van der Waals surface area contributed by atoms with Gasteiger partial charge >= 0.3 is 5.97 Å². The first-order valence-electron chi connectivity index (χ1n) is 11.8. The van der Waals surface area contributed by atoms with Gasteiger partial charge in [0.2, 0.25) is 5.91 Å². The van der Waals surface area contributed by atoms with Crippen LogP contribution >= 0.6 is 11.8 Å². The number of benzene rings is 1. The van der Waals surface area contributed by atoms with E-state index in [9.17, 15) is 9.59 Å². The number of fused-ring (bicyclic) bond motifs is 1. The molecule has 0 radical (unpaired) electrons. The molecule has 0 saturated carbocycles. The zero-order chi connectivity index (χ0) is 26.7. The van der Waals surface area contributed by atoms with Crippen LogP contribution in [0, 0.1) is 0 Å². The summed E-state index contributed by atoms with van der Waals surface area (Å²) in [7, 11) is 3.12. The molecule has 4 rings (SSSR count). The second kappa shape index (κ2) is 10.8. The van der Waals surface area contributed by atoms with Crippen molar-refractivity contribution in [2.45, 2.75) is 52.3 Å². The summed E-state index contributed by atoms with van der Waals surface area (Å²) in [6.45, 7) is 7.53. The molecule has 3 heterocycles. The predicted octanol–water partition coefficient (Wildman–Crippen LogP) is 4.92. The van der Waals surface area contributed by atoms with Crippen LogP contribution in [0.25, 0.3) is 0 Å². The lowest BCUT2D eigenvalue weighted by molar-refractivity contribution is -0.150. The molecule has 0 bridgehead atoms. The Morgan fingerprint density at radius 1 is 1.16 bits per heavy atom. The Hall–Kier alpha value is -3.66. The number of nitrogens with one attached hydrogen (secondary N) is 1. The highest BCUT2D eigenvalue weighted by Gasteiger charge is 2.43. The first-order valence-corrected chi connectivity index (χ1v) is 12.7. The number of furan rings is 1. The molecule has 9 nitrogen and oxygen atoms in total. The number of methoxy groups -OCH3 is 2. The predicted molar refractivity (Wildman–Crippen MR) is 141 cm³/mol. The van der Waals surface area contributed by atoms with E-state index in [1.165, 1.54) is 11.8 Å². The molecule has 2 aliphatic heterocycles. The lowest BCUT2D eigenvalue weighted by Gasteiger charge is -2.37. The van der Waals surface area contributed by atoms with Crippen LogP contribution < -0.4 is 14.8 Å². The summed E-state index contributed by atoms with van der Waals surface area (Å²) in [5, 5.41) is 5.42. The maximum atomic E-state index is 13.5. The van der Waals surface area contributed by atoms with E-state index >= 15 is 0 Å². The smallest absolute Gasteiger partial charge is 0.338 e. The summed E-state index contributed by atoms with van der Waals surface area (Å²) in [6, 6.07) is 8.43. The van der Waals surface area contributed by atoms with E-state index in [2.05, 4.69) is 5.32 Å². The van der Waals surface area contributed by atoms with E-state index in [0.717, 1.165) is 0 Å². The molecule has 0 spiro atoms. The summed E-state index contributed by atoms with van der Waals surface area (Å²) < 4.78 is 22.4. The first kappa shape index (κ1) is 26.4. The Morgan fingerprint density at radius 2 is 1.95 bits per heavy atom. The van der Waals surface area contributed by atoms with Gasteiger partial charge in [0.15, 0.2) is 16.7 Å². The number of aliphatic imine (C=N–C) groups is 1. The number of amides is 1. The molecule has 0 fully saturated rings. The minimum Gasteiger partial charge on any atom is -0.493 e. The van der Waals surface area contributed by atoms with Crippen LogP contribution in [0.15, 0.2) is 68.4 Å². The number of carbonyl (C=O) groups is 2. The minimum atomic E-state index is -0.707. The lowest BCUT2D eigenvalue weighted by atomic mass is 9.92. The summed E-state index contributed by atoms with van der Waals surface area (Å²) >= 11 is 1.40. The van der Waals surface area contributed by atoms with Gasteiger partial charge in [0.1, 0.15) is 11.4 Å². The minimum absolute atomic E-state index is 0.0795. The monoisotopic (exact) mass is 525 g/mol. The Labute approximate surface area is 220 Å². The molecule has 1 unspecified atom stereocenters. The molecular weight excluding hydrogens is 494 g/mol. The fourth-order valence-electron chi connectivity index (χ4n) is 4.21. The Kier molecular flexibility index (Phi) is 7.68. The van der Waals surface area contributed by atoms with Gasteiger partial charge in [-0.3, -0.25) is 4.79 Å². The van der Waals surface area contributed by atoms with Crippen molar-refractivity contribution in [1.29, 1.82) is 0 Å². The highest BCUT2D eigenvalue weighted by atomic mass is 32.2. The largest absolute Gasteiger partial charge is 0.493 e. The molecule has 37 heavy (non-hydrogen) atoms. The molecule has 2 aromatic rings. The number of nitrogens with zero attached hydrogens (tertiary/aromatic N) is 2. The van der Waals surface area contributed by atoms with Gasteiger partial charge in [-0.1, -0.05) is 23.9 Å². The zero-order valence-electron chi connectivity index (χ0n) is 21.8. The standard InChI is InChI=1S/C27H31N3O6S/c1-16-22(25(32)36-27(2,3)4)23(19-10-7-11-20(33-5)24(19)34-6)30-17(15-37-26(30)29-16)13-21(31)28-14-18-9-8-12-35-18/h7-12,15,23H,13-14H2,1-6H3,(H,28,31). The summed E-state index contributed by atoms with van der Waals surface area (Å²) in [4.78, 5) is 33.0. The molecule has 1 amide bonds. The Morgan fingerprint density at radius 3 is 2.59 bits per heavy atom. The van der Waals surface area contributed by atoms with Crippen LogP contribution in [0.4, 0.5) is 0 Å². The third-order valence-corrected chi connectivity index (χ3v) is 6.62. The molecule has 0 saturated heterocycles. The van der Waals surface area contributed by atoms with Gasteiger partial charge in [0, 0.05) is 11.3 Å². The van der Waals surface area contributed by atoms with Gasteiger partial charge in [-0.2, -0.15) is 0 Å². The topological polar surface area (TPSA) is 103 Å². The van der Waals surface area contributed by atoms with E-state index in [1.807, 2.05) is 43.2 Å². The molecule has 196 valence electrons. The van der Waals surface area contributed by atoms with Crippen LogP contribution in [-0.2, 0) is 20.9 Å². The molecule has 2 aliphatic rings. The number of hydrogen-bond acceptors (Lipinski definition) is 9. The maximum absolute atomic E-state index is 13.5.